The maximum absolute atomic E-state index is 12.1. The molecular formula is C14H23N3O3. The maximum Gasteiger partial charge on any atom is 0.233 e. The van der Waals surface area contributed by atoms with E-state index in [4.69, 9.17) is 0 Å². The predicted octanol–water partition coefficient (Wildman–Crippen LogP) is 0.0298. The van der Waals surface area contributed by atoms with Gasteiger partial charge in [0.2, 0.25) is 17.7 Å². The first-order chi connectivity index (χ1) is 9.39. The van der Waals surface area contributed by atoms with Crippen molar-refractivity contribution in [2.24, 2.45) is 5.92 Å². The lowest BCUT2D eigenvalue weighted by molar-refractivity contribution is -0.134. The van der Waals surface area contributed by atoms with E-state index in [9.17, 15) is 14.4 Å². The van der Waals surface area contributed by atoms with Gasteiger partial charge >= 0.3 is 0 Å². The first-order valence-corrected chi connectivity index (χ1v) is 7.26. The van der Waals surface area contributed by atoms with Gasteiger partial charge in [-0.1, -0.05) is 0 Å². The zero-order valence-corrected chi connectivity index (χ0v) is 12.2. The second kappa shape index (κ2) is 5.81. The molecule has 1 unspecified atom stereocenters. The number of carbonyl (C=O) groups is 3. The van der Waals surface area contributed by atoms with Gasteiger partial charge in [-0.25, -0.2) is 0 Å². The van der Waals surface area contributed by atoms with E-state index in [1.165, 1.54) is 0 Å². The summed E-state index contributed by atoms with van der Waals surface area (Å²) in [5.41, 5.74) is -0.625. The van der Waals surface area contributed by atoms with Gasteiger partial charge < -0.3 is 15.5 Å². The highest BCUT2D eigenvalue weighted by molar-refractivity contribution is 6.01. The monoisotopic (exact) mass is 281 g/mol. The second-order valence-corrected chi connectivity index (χ2v) is 6.27. The fourth-order valence-corrected chi connectivity index (χ4v) is 2.77. The van der Waals surface area contributed by atoms with Gasteiger partial charge in [0.05, 0.1) is 0 Å². The van der Waals surface area contributed by atoms with Gasteiger partial charge in [0.25, 0.3) is 0 Å². The molecule has 2 N–H and O–H groups in total. The normalized spacial score (nSPS) is 22.8. The molecule has 112 valence electrons. The summed E-state index contributed by atoms with van der Waals surface area (Å²) in [7, 11) is 0. The van der Waals surface area contributed by atoms with Crippen LogP contribution in [0, 0.1) is 5.92 Å². The zero-order chi connectivity index (χ0) is 14.8. The number of carbonyl (C=O) groups excluding carboxylic acids is 3. The van der Waals surface area contributed by atoms with Crippen molar-refractivity contribution in [3.05, 3.63) is 0 Å². The minimum atomic E-state index is -0.625. The molecule has 0 aromatic carbocycles. The molecule has 0 saturated carbocycles. The van der Waals surface area contributed by atoms with Crippen LogP contribution in [0.2, 0.25) is 0 Å². The van der Waals surface area contributed by atoms with E-state index in [1.807, 2.05) is 18.7 Å². The van der Waals surface area contributed by atoms with Crippen molar-refractivity contribution in [3.63, 3.8) is 0 Å². The Balaban J connectivity index is 1.87. The highest BCUT2D eigenvalue weighted by atomic mass is 16.2. The van der Waals surface area contributed by atoms with Crippen LogP contribution in [0.25, 0.3) is 0 Å². The lowest BCUT2D eigenvalue weighted by Crippen LogP contribution is -2.50. The van der Waals surface area contributed by atoms with Crippen LogP contribution in [0.3, 0.4) is 0 Å². The SMILES string of the molecule is CC(C)(CC(=O)N1CCCC1)NC(=O)C1CCNC1=O. The third-order valence-corrected chi connectivity index (χ3v) is 3.88. The van der Waals surface area contributed by atoms with Crippen LogP contribution in [0.4, 0.5) is 0 Å². The standard InChI is InChI=1S/C14H23N3O3/c1-14(2,9-11(18)17-7-3-4-8-17)16-13(20)10-5-6-15-12(10)19/h10H,3-9H2,1-2H3,(H,15,19)(H,16,20). The van der Waals surface area contributed by atoms with Gasteiger partial charge in [0, 0.05) is 31.6 Å². The molecule has 3 amide bonds. The Morgan fingerprint density at radius 1 is 1.35 bits per heavy atom. The van der Waals surface area contributed by atoms with Crippen LogP contribution in [0.15, 0.2) is 0 Å². The van der Waals surface area contributed by atoms with E-state index < -0.39 is 11.5 Å². The van der Waals surface area contributed by atoms with Crippen LogP contribution in [0.5, 0.6) is 0 Å². The molecule has 2 fully saturated rings. The Morgan fingerprint density at radius 2 is 2.00 bits per heavy atom. The molecule has 1 atom stereocenters. The second-order valence-electron chi connectivity index (χ2n) is 6.27. The number of likely N-dealkylation sites (tertiary alicyclic amines) is 1. The summed E-state index contributed by atoms with van der Waals surface area (Å²) < 4.78 is 0. The van der Waals surface area contributed by atoms with Gasteiger partial charge in [-0.05, 0) is 33.1 Å². The lowest BCUT2D eigenvalue weighted by Gasteiger charge is -2.29. The highest BCUT2D eigenvalue weighted by Gasteiger charge is 2.35. The Labute approximate surface area is 119 Å². The molecule has 2 rings (SSSR count). The number of rotatable bonds is 4. The van der Waals surface area contributed by atoms with Crippen molar-refractivity contribution in [3.8, 4) is 0 Å². The first kappa shape index (κ1) is 14.8. The number of nitrogens with one attached hydrogen (secondary N) is 2. The average Bonchev–Trinajstić information content (AvgIpc) is 2.97. The van der Waals surface area contributed by atoms with Crippen molar-refractivity contribution >= 4 is 17.7 Å². The summed E-state index contributed by atoms with van der Waals surface area (Å²) in [5.74, 6) is -1.04. The molecule has 2 saturated heterocycles. The minimum Gasteiger partial charge on any atom is -0.355 e. The van der Waals surface area contributed by atoms with Gasteiger partial charge in [0.15, 0.2) is 0 Å². The fraction of sp³-hybridized carbons (Fsp3) is 0.786. The van der Waals surface area contributed by atoms with E-state index in [0.717, 1.165) is 25.9 Å². The number of hydrogen-bond donors (Lipinski definition) is 2. The summed E-state index contributed by atoms with van der Waals surface area (Å²) in [5, 5.41) is 5.48. The molecule has 0 bridgehead atoms. The maximum atomic E-state index is 12.1. The summed E-state index contributed by atoms with van der Waals surface area (Å²) in [6.07, 6.45) is 2.91. The van der Waals surface area contributed by atoms with Gasteiger partial charge in [0.1, 0.15) is 5.92 Å². The van der Waals surface area contributed by atoms with E-state index in [-0.39, 0.29) is 24.1 Å². The van der Waals surface area contributed by atoms with E-state index in [1.54, 1.807) is 0 Å². The van der Waals surface area contributed by atoms with E-state index >= 15 is 0 Å². The van der Waals surface area contributed by atoms with Crippen LogP contribution >= 0.6 is 0 Å². The average molecular weight is 281 g/mol. The molecule has 20 heavy (non-hydrogen) atoms. The Bertz CT molecular complexity index is 414. The topological polar surface area (TPSA) is 78.5 Å². The Kier molecular flexibility index (Phi) is 4.30. The van der Waals surface area contributed by atoms with Gasteiger partial charge in [-0.15, -0.1) is 0 Å². The van der Waals surface area contributed by atoms with Crippen molar-refractivity contribution < 1.29 is 14.4 Å². The van der Waals surface area contributed by atoms with Crippen LogP contribution in [-0.2, 0) is 14.4 Å². The van der Waals surface area contributed by atoms with Crippen LogP contribution in [-0.4, -0.2) is 47.8 Å². The number of hydrogen-bond acceptors (Lipinski definition) is 3. The summed E-state index contributed by atoms with van der Waals surface area (Å²) in [6, 6.07) is 0. The first-order valence-electron chi connectivity index (χ1n) is 7.26. The van der Waals surface area contributed by atoms with Crippen molar-refractivity contribution in [1.29, 1.82) is 0 Å². The summed E-state index contributed by atoms with van der Waals surface area (Å²) in [4.78, 5) is 37.5. The van der Waals surface area contributed by atoms with E-state index in [0.29, 0.717) is 13.0 Å². The zero-order valence-electron chi connectivity index (χ0n) is 12.2. The predicted molar refractivity (Wildman–Crippen MR) is 73.8 cm³/mol. The van der Waals surface area contributed by atoms with E-state index in [2.05, 4.69) is 10.6 Å². The molecule has 0 aromatic rings. The molecule has 2 heterocycles. The summed E-state index contributed by atoms with van der Waals surface area (Å²) in [6.45, 7) is 5.82. The number of nitrogens with zero attached hydrogens (tertiary/aromatic N) is 1. The van der Waals surface area contributed by atoms with Gasteiger partial charge in [-0.3, -0.25) is 14.4 Å². The summed E-state index contributed by atoms with van der Waals surface area (Å²) >= 11 is 0. The largest absolute Gasteiger partial charge is 0.355 e. The molecular weight excluding hydrogens is 258 g/mol. The molecule has 2 aliphatic heterocycles. The molecule has 6 nitrogen and oxygen atoms in total. The molecule has 0 aliphatic carbocycles. The third kappa shape index (κ3) is 3.49. The Morgan fingerprint density at radius 3 is 2.55 bits per heavy atom. The van der Waals surface area contributed by atoms with Crippen LogP contribution < -0.4 is 10.6 Å². The van der Waals surface area contributed by atoms with Crippen LogP contribution in [0.1, 0.15) is 39.5 Å². The van der Waals surface area contributed by atoms with Gasteiger partial charge in [-0.2, -0.15) is 0 Å². The molecule has 0 radical (unpaired) electrons. The highest BCUT2D eigenvalue weighted by Crippen LogP contribution is 2.17. The molecule has 2 aliphatic rings. The molecule has 0 spiro atoms. The van der Waals surface area contributed by atoms with Crippen molar-refractivity contribution in [1.82, 2.24) is 15.5 Å². The number of amides is 3. The van der Waals surface area contributed by atoms with Crippen molar-refractivity contribution in [2.45, 2.75) is 45.1 Å². The quantitative estimate of drug-likeness (QED) is 0.714. The minimum absolute atomic E-state index is 0.0728. The fourth-order valence-electron chi connectivity index (χ4n) is 2.77. The third-order valence-electron chi connectivity index (χ3n) is 3.88. The Hall–Kier alpha value is -1.59. The van der Waals surface area contributed by atoms with Crippen molar-refractivity contribution in [2.75, 3.05) is 19.6 Å². The smallest absolute Gasteiger partial charge is 0.233 e. The molecule has 0 aromatic heterocycles. The lowest BCUT2D eigenvalue weighted by atomic mass is 9.97. The molecule has 6 heteroatoms.